The summed E-state index contributed by atoms with van der Waals surface area (Å²) in [4.78, 5) is 14.3. The smallest absolute Gasteiger partial charge is 0.230 e. The van der Waals surface area contributed by atoms with Gasteiger partial charge < -0.3 is 10.6 Å². The molecule has 1 amide bonds. The minimum absolute atomic E-state index is 0.168. The Morgan fingerprint density at radius 3 is 2.43 bits per heavy atom. The fraction of sp³-hybridized carbons (Fsp3) is 0.909. The van der Waals surface area contributed by atoms with E-state index in [1.54, 1.807) is 0 Å². The van der Waals surface area contributed by atoms with Crippen molar-refractivity contribution >= 4 is 5.91 Å². The van der Waals surface area contributed by atoms with Crippen LogP contribution >= 0.6 is 0 Å². The standard InChI is InChI=1S/C11H20N2O/c1-2-13(9-4-5-9)10(14)11(8-12)6-3-7-11/h9H,2-8,12H2,1H3. The molecule has 0 heterocycles. The number of carbonyl (C=O) groups is 1. The number of hydrogen-bond donors (Lipinski definition) is 1. The van der Waals surface area contributed by atoms with Gasteiger partial charge >= 0.3 is 0 Å². The van der Waals surface area contributed by atoms with Crippen molar-refractivity contribution in [2.24, 2.45) is 11.1 Å². The van der Waals surface area contributed by atoms with Crippen LogP contribution < -0.4 is 5.73 Å². The van der Waals surface area contributed by atoms with Gasteiger partial charge in [0.1, 0.15) is 0 Å². The molecule has 0 atom stereocenters. The number of nitrogens with zero attached hydrogens (tertiary/aromatic N) is 1. The molecule has 80 valence electrons. The third-order valence-electron chi connectivity index (χ3n) is 3.74. The Bertz CT molecular complexity index is 226. The average Bonchev–Trinajstić information content (AvgIpc) is 2.89. The van der Waals surface area contributed by atoms with Crippen molar-refractivity contribution in [3.05, 3.63) is 0 Å². The van der Waals surface area contributed by atoms with Crippen molar-refractivity contribution in [1.29, 1.82) is 0 Å². The lowest BCUT2D eigenvalue weighted by molar-refractivity contribution is -0.147. The summed E-state index contributed by atoms with van der Waals surface area (Å²) in [5.74, 6) is 0.330. The maximum Gasteiger partial charge on any atom is 0.230 e. The van der Waals surface area contributed by atoms with Gasteiger partial charge in [0.05, 0.1) is 5.41 Å². The van der Waals surface area contributed by atoms with E-state index in [4.69, 9.17) is 5.73 Å². The highest BCUT2D eigenvalue weighted by Crippen LogP contribution is 2.43. The fourth-order valence-corrected chi connectivity index (χ4v) is 2.37. The van der Waals surface area contributed by atoms with Crippen LogP contribution in [-0.2, 0) is 4.79 Å². The van der Waals surface area contributed by atoms with E-state index in [-0.39, 0.29) is 5.41 Å². The molecule has 0 aromatic heterocycles. The maximum atomic E-state index is 12.2. The molecule has 2 aliphatic rings. The summed E-state index contributed by atoms with van der Waals surface area (Å²) < 4.78 is 0. The molecule has 14 heavy (non-hydrogen) atoms. The number of nitrogens with two attached hydrogens (primary N) is 1. The molecule has 2 aliphatic carbocycles. The van der Waals surface area contributed by atoms with Crippen molar-refractivity contribution in [3.63, 3.8) is 0 Å². The van der Waals surface area contributed by atoms with Crippen molar-refractivity contribution in [1.82, 2.24) is 4.90 Å². The Kier molecular flexibility index (Phi) is 2.52. The number of carbonyl (C=O) groups excluding carboxylic acids is 1. The molecule has 0 aliphatic heterocycles. The number of amides is 1. The molecule has 2 N–H and O–H groups in total. The van der Waals surface area contributed by atoms with Crippen LogP contribution in [-0.4, -0.2) is 29.9 Å². The van der Waals surface area contributed by atoms with Gasteiger partial charge in [0.15, 0.2) is 0 Å². The predicted octanol–water partition coefficient (Wildman–Crippen LogP) is 1.13. The molecule has 0 spiro atoms. The van der Waals surface area contributed by atoms with Gasteiger partial charge in [0.2, 0.25) is 5.91 Å². The van der Waals surface area contributed by atoms with Gasteiger partial charge in [-0.05, 0) is 32.6 Å². The first-order valence-electron chi connectivity index (χ1n) is 5.74. The lowest BCUT2D eigenvalue weighted by Gasteiger charge is -2.42. The molecule has 0 radical (unpaired) electrons. The molecule has 2 fully saturated rings. The second-order valence-corrected chi connectivity index (χ2v) is 4.66. The SMILES string of the molecule is CCN(C(=O)C1(CN)CCC1)C1CC1. The van der Waals surface area contributed by atoms with Crippen LogP contribution in [0.2, 0.25) is 0 Å². The summed E-state index contributed by atoms with van der Waals surface area (Å²) in [7, 11) is 0. The van der Waals surface area contributed by atoms with Gasteiger partial charge in [-0.15, -0.1) is 0 Å². The van der Waals surface area contributed by atoms with Gasteiger partial charge in [-0.2, -0.15) is 0 Å². The van der Waals surface area contributed by atoms with E-state index in [1.165, 1.54) is 19.3 Å². The second kappa shape index (κ2) is 3.54. The van der Waals surface area contributed by atoms with Crippen LogP contribution in [0.1, 0.15) is 39.0 Å². The zero-order valence-electron chi connectivity index (χ0n) is 8.96. The molecule has 3 heteroatoms. The molecule has 2 saturated carbocycles. The van der Waals surface area contributed by atoms with E-state index in [1.807, 2.05) is 4.90 Å². The highest BCUT2D eigenvalue weighted by Gasteiger charge is 2.47. The summed E-state index contributed by atoms with van der Waals surface area (Å²) >= 11 is 0. The average molecular weight is 196 g/mol. The first-order valence-corrected chi connectivity index (χ1v) is 5.74. The van der Waals surface area contributed by atoms with E-state index in [0.29, 0.717) is 18.5 Å². The van der Waals surface area contributed by atoms with E-state index in [9.17, 15) is 4.79 Å². The van der Waals surface area contributed by atoms with Crippen LogP contribution in [0.3, 0.4) is 0 Å². The highest BCUT2D eigenvalue weighted by atomic mass is 16.2. The van der Waals surface area contributed by atoms with E-state index in [2.05, 4.69) is 6.92 Å². The second-order valence-electron chi connectivity index (χ2n) is 4.66. The van der Waals surface area contributed by atoms with Crippen molar-refractivity contribution < 1.29 is 4.79 Å². The Morgan fingerprint density at radius 1 is 1.50 bits per heavy atom. The zero-order chi connectivity index (χ0) is 10.2. The van der Waals surface area contributed by atoms with Gasteiger partial charge in [0, 0.05) is 19.1 Å². The molecule has 0 saturated heterocycles. The summed E-state index contributed by atoms with van der Waals surface area (Å²) in [6, 6.07) is 0.538. The monoisotopic (exact) mass is 196 g/mol. The Hall–Kier alpha value is -0.570. The first kappa shape index (κ1) is 9.97. The molecule has 0 bridgehead atoms. The molecule has 3 nitrogen and oxygen atoms in total. The largest absolute Gasteiger partial charge is 0.339 e. The normalized spacial score (nSPS) is 24.1. The van der Waals surface area contributed by atoms with Crippen LogP contribution in [0, 0.1) is 5.41 Å². The van der Waals surface area contributed by atoms with Crippen LogP contribution in [0.5, 0.6) is 0 Å². The molecular formula is C11H20N2O. The highest BCUT2D eigenvalue weighted by molar-refractivity contribution is 5.84. The topological polar surface area (TPSA) is 46.3 Å². The molecular weight excluding hydrogens is 176 g/mol. The number of hydrogen-bond acceptors (Lipinski definition) is 2. The summed E-state index contributed by atoms with van der Waals surface area (Å²) in [6.45, 7) is 3.46. The molecule has 0 aromatic carbocycles. The van der Waals surface area contributed by atoms with Crippen LogP contribution in [0.25, 0.3) is 0 Å². The quantitative estimate of drug-likeness (QED) is 0.732. The summed E-state index contributed by atoms with van der Waals surface area (Å²) in [6.07, 6.45) is 5.57. The van der Waals surface area contributed by atoms with Gasteiger partial charge in [-0.25, -0.2) is 0 Å². The van der Waals surface area contributed by atoms with Crippen molar-refractivity contribution in [2.75, 3.05) is 13.1 Å². The number of rotatable bonds is 4. The summed E-state index contributed by atoms with van der Waals surface area (Å²) in [5.41, 5.74) is 5.57. The Balaban J connectivity index is 2.04. The Morgan fingerprint density at radius 2 is 2.14 bits per heavy atom. The van der Waals surface area contributed by atoms with Gasteiger partial charge in [-0.1, -0.05) is 6.42 Å². The zero-order valence-corrected chi connectivity index (χ0v) is 8.96. The van der Waals surface area contributed by atoms with E-state index in [0.717, 1.165) is 19.4 Å². The van der Waals surface area contributed by atoms with E-state index < -0.39 is 0 Å². The first-order chi connectivity index (χ1) is 6.73. The van der Waals surface area contributed by atoms with Gasteiger partial charge in [0.25, 0.3) is 0 Å². The lowest BCUT2D eigenvalue weighted by Crippen LogP contribution is -2.52. The minimum atomic E-state index is -0.168. The third-order valence-corrected chi connectivity index (χ3v) is 3.74. The molecule has 0 unspecified atom stereocenters. The van der Waals surface area contributed by atoms with Crippen molar-refractivity contribution in [3.8, 4) is 0 Å². The Labute approximate surface area is 85.6 Å². The third kappa shape index (κ3) is 1.44. The maximum absolute atomic E-state index is 12.2. The molecule has 2 rings (SSSR count). The fourth-order valence-electron chi connectivity index (χ4n) is 2.37. The summed E-state index contributed by atoms with van der Waals surface area (Å²) in [5, 5.41) is 0. The minimum Gasteiger partial charge on any atom is -0.339 e. The van der Waals surface area contributed by atoms with E-state index >= 15 is 0 Å². The van der Waals surface area contributed by atoms with Crippen LogP contribution in [0.15, 0.2) is 0 Å². The van der Waals surface area contributed by atoms with Crippen LogP contribution in [0.4, 0.5) is 0 Å². The van der Waals surface area contributed by atoms with Gasteiger partial charge in [-0.3, -0.25) is 4.79 Å². The van der Waals surface area contributed by atoms with Crippen molar-refractivity contribution in [2.45, 2.75) is 45.1 Å². The lowest BCUT2D eigenvalue weighted by atomic mass is 9.68. The molecule has 0 aromatic rings. The predicted molar refractivity (Wildman–Crippen MR) is 55.7 cm³/mol.